The minimum Gasteiger partial charge on any atom is -0.0877 e. The number of rotatable bonds is 1. The predicted octanol–water partition coefficient (Wildman–Crippen LogP) is 3.16. The molecule has 0 saturated carbocycles. The normalized spacial score (nSPS) is 10.4. The van der Waals surface area contributed by atoms with Crippen molar-refractivity contribution >= 4 is 13.3 Å². The highest BCUT2D eigenvalue weighted by Crippen LogP contribution is 2.03. The number of benzene rings is 1. The van der Waals surface area contributed by atoms with Crippen LogP contribution < -0.4 is 5.19 Å². The summed E-state index contributed by atoms with van der Waals surface area (Å²) in [5, 5.41) is 1.48. The van der Waals surface area contributed by atoms with Crippen LogP contribution >= 0.6 is 0 Å². The summed E-state index contributed by atoms with van der Waals surface area (Å²) in [6.07, 6.45) is 0. The van der Waals surface area contributed by atoms with E-state index in [4.69, 9.17) is 0 Å². The molecule has 15 heavy (non-hydrogen) atoms. The van der Waals surface area contributed by atoms with Crippen molar-refractivity contribution in [1.82, 2.24) is 0 Å². The molecule has 0 radical (unpaired) electrons. The van der Waals surface area contributed by atoms with Crippen molar-refractivity contribution in [2.24, 2.45) is 0 Å². The standard InChI is InChI=1S/C14H18Si/c1-12(2)6-7-13-8-10-14(11-9-13)15(3,4)5/h8-11H,1H2,2-5H3. The van der Waals surface area contributed by atoms with Crippen molar-refractivity contribution in [3.8, 4) is 11.8 Å². The first kappa shape index (κ1) is 11.8. The first-order valence-electron chi connectivity index (χ1n) is 5.17. The molecule has 0 saturated heterocycles. The van der Waals surface area contributed by atoms with E-state index in [0.717, 1.165) is 11.1 Å². The Labute approximate surface area is 94.0 Å². The average molecular weight is 214 g/mol. The Morgan fingerprint density at radius 2 is 1.67 bits per heavy atom. The van der Waals surface area contributed by atoms with Crippen molar-refractivity contribution < 1.29 is 0 Å². The van der Waals surface area contributed by atoms with E-state index in [1.54, 1.807) is 0 Å². The molecule has 0 heterocycles. The molecule has 0 bridgehead atoms. The molecule has 0 aliphatic heterocycles. The van der Waals surface area contributed by atoms with Gasteiger partial charge in [-0.3, -0.25) is 0 Å². The van der Waals surface area contributed by atoms with Gasteiger partial charge in [0, 0.05) is 5.56 Å². The Morgan fingerprint density at radius 1 is 1.13 bits per heavy atom. The number of hydrogen-bond donors (Lipinski definition) is 0. The van der Waals surface area contributed by atoms with Gasteiger partial charge >= 0.3 is 0 Å². The lowest BCUT2D eigenvalue weighted by Gasteiger charge is -2.15. The van der Waals surface area contributed by atoms with Gasteiger partial charge in [-0.05, 0) is 24.6 Å². The molecule has 0 aliphatic carbocycles. The van der Waals surface area contributed by atoms with Gasteiger partial charge in [-0.25, -0.2) is 0 Å². The van der Waals surface area contributed by atoms with Gasteiger partial charge in [0.2, 0.25) is 0 Å². The zero-order chi connectivity index (χ0) is 11.5. The minimum absolute atomic E-state index is 0.907. The SMILES string of the molecule is C=C(C)C#Cc1ccc([Si](C)(C)C)cc1. The molecule has 0 nitrogen and oxygen atoms in total. The third-order valence-electron chi connectivity index (χ3n) is 2.17. The van der Waals surface area contributed by atoms with E-state index in [1.807, 2.05) is 6.92 Å². The van der Waals surface area contributed by atoms with Gasteiger partial charge in [-0.2, -0.15) is 0 Å². The van der Waals surface area contributed by atoms with Gasteiger partial charge in [-0.15, -0.1) is 0 Å². The van der Waals surface area contributed by atoms with E-state index in [9.17, 15) is 0 Å². The van der Waals surface area contributed by atoms with Crippen LogP contribution in [0.25, 0.3) is 0 Å². The first-order valence-corrected chi connectivity index (χ1v) is 8.67. The fourth-order valence-corrected chi connectivity index (χ4v) is 2.40. The summed E-state index contributed by atoms with van der Waals surface area (Å²) in [4.78, 5) is 0. The first-order chi connectivity index (χ1) is 6.89. The lowest BCUT2D eigenvalue weighted by molar-refractivity contribution is 1.60. The van der Waals surface area contributed by atoms with Crippen LogP contribution in [0.15, 0.2) is 36.4 Å². The molecule has 0 amide bonds. The van der Waals surface area contributed by atoms with Crippen molar-refractivity contribution in [1.29, 1.82) is 0 Å². The van der Waals surface area contributed by atoms with Crippen molar-refractivity contribution in [3.05, 3.63) is 42.0 Å². The Balaban J connectivity index is 2.93. The molecule has 1 aromatic carbocycles. The Hall–Kier alpha value is -1.26. The quantitative estimate of drug-likeness (QED) is 0.497. The molecule has 1 rings (SSSR count). The van der Waals surface area contributed by atoms with Crippen molar-refractivity contribution in [3.63, 3.8) is 0 Å². The highest BCUT2D eigenvalue weighted by molar-refractivity contribution is 6.88. The molecule has 1 aromatic rings. The lowest BCUT2D eigenvalue weighted by atomic mass is 10.2. The van der Waals surface area contributed by atoms with Gasteiger partial charge in [0.1, 0.15) is 0 Å². The van der Waals surface area contributed by atoms with Gasteiger partial charge < -0.3 is 0 Å². The van der Waals surface area contributed by atoms with E-state index in [2.05, 4.69) is 62.3 Å². The van der Waals surface area contributed by atoms with Gasteiger partial charge in [0.05, 0.1) is 8.07 Å². The molecule has 1 heteroatoms. The summed E-state index contributed by atoms with van der Waals surface area (Å²) in [5.41, 5.74) is 1.98. The largest absolute Gasteiger partial charge is 0.0877 e. The minimum atomic E-state index is -1.17. The molecule has 78 valence electrons. The number of allylic oxidation sites excluding steroid dienone is 1. The van der Waals surface area contributed by atoms with Crippen LogP contribution in [0.4, 0.5) is 0 Å². The third-order valence-corrected chi connectivity index (χ3v) is 4.24. The predicted molar refractivity (Wildman–Crippen MR) is 71.1 cm³/mol. The Morgan fingerprint density at radius 3 is 2.07 bits per heavy atom. The van der Waals surface area contributed by atoms with Crippen molar-refractivity contribution in [2.75, 3.05) is 0 Å². The zero-order valence-electron chi connectivity index (χ0n) is 10.0. The fraction of sp³-hybridized carbons (Fsp3) is 0.286. The molecular formula is C14H18Si. The maximum absolute atomic E-state index is 3.76. The second kappa shape index (κ2) is 4.50. The smallest absolute Gasteiger partial charge is 0.0775 e. The summed E-state index contributed by atoms with van der Waals surface area (Å²) < 4.78 is 0. The molecule has 0 aromatic heterocycles. The van der Waals surface area contributed by atoms with Crippen LogP contribution in [0.5, 0.6) is 0 Å². The van der Waals surface area contributed by atoms with E-state index in [-0.39, 0.29) is 0 Å². The molecule has 0 spiro atoms. The van der Waals surface area contributed by atoms with E-state index < -0.39 is 8.07 Å². The average Bonchev–Trinajstić information content (AvgIpc) is 2.14. The van der Waals surface area contributed by atoms with E-state index in [1.165, 1.54) is 5.19 Å². The second-order valence-corrected chi connectivity index (χ2v) is 9.94. The highest BCUT2D eigenvalue weighted by Gasteiger charge is 2.15. The van der Waals surface area contributed by atoms with Crippen LogP contribution in [-0.4, -0.2) is 8.07 Å². The number of hydrogen-bond acceptors (Lipinski definition) is 0. The van der Waals surface area contributed by atoms with Gasteiger partial charge in [-0.1, -0.05) is 55.4 Å². The monoisotopic (exact) mass is 214 g/mol. The summed E-state index contributed by atoms with van der Waals surface area (Å²) in [6.45, 7) is 12.7. The maximum atomic E-state index is 3.76. The van der Waals surface area contributed by atoms with Crippen molar-refractivity contribution in [2.45, 2.75) is 26.6 Å². The zero-order valence-corrected chi connectivity index (χ0v) is 11.0. The van der Waals surface area contributed by atoms with Crippen LogP contribution in [0.3, 0.4) is 0 Å². The van der Waals surface area contributed by atoms with Gasteiger partial charge in [0.15, 0.2) is 0 Å². The topological polar surface area (TPSA) is 0 Å². The van der Waals surface area contributed by atoms with Crippen LogP contribution in [-0.2, 0) is 0 Å². The summed E-state index contributed by atoms with van der Waals surface area (Å²) >= 11 is 0. The summed E-state index contributed by atoms with van der Waals surface area (Å²) in [6, 6.07) is 8.61. The van der Waals surface area contributed by atoms with Gasteiger partial charge in [0.25, 0.3) is 0 Å². The third kappa shape index (κ3) is 3.77. The molecule has 0 aliphatic rings. The van der Waals surface area contributed by atoms with E-state index >= 15 is 0 Å². The second-order valence-electron chi connectivity index (χ2n) is 4.86. The van der Waals surface area contributed by atoms with Crippen LogP contribution in [0.2, 0.25) is 19.6 Å². The fourth-order valence-electron chi connectivity index (χ4n) is 1.23. The molecular weight excluding hydrogens is 196 g/mol. The molecule has 0 unspecified atom stereocenters. The van der Waals surface area contributed by atoms with Crippen LogP contribution in [0, 0.1) is 11.8 Å². The maximum Gasteiger partial charge on any atom is 0.0775 e. The molecule has 0 N–H and O–H groups in total. The highest BCUT2D eigenvalue weighted by atomic mass is 28.3. The summed E-state index contributed by atoms with van der Waals surface area (Å²) in [5.74, 6) is 6.08. The van der Waals surface area contributed by atoms with E-state index in [0.29, 0.717) is 0 Å². The Kier molecular flexibility index (Phi) is 3.55. The Bertz CT molecular complexity index is 407. The molecule has 0 atom stereocenters. The lowest BCUT2D eigenvalue weighted by Crippen LogP contribution is -2.37. The summed E-state index contributed by atoms with van der Waals surface area (Å²) in [7, 11) is -1.17. The van der Waals surface area contributed by atoms with Crippen LogP contribution in [0.1, 0.15) is 12.5 Å². The molecule has 0 fully saturated rings.